The van der Waals surface area contributed by atoms with Crippen LogP contribution in [0, 0.1) is 17.8 Å². The maximum atomic E-state index is 13.8. The molecule has 0 radical (unpaired) electrons. The van der Waals surface area contributed by atoms with E-state index < -0.39 is 12.1 Å². The number of hydrogen-bond acceptors (Lipinski definition) is 5. The second-order valence-corrected chi connectivity index (χ2v) is 11.2. The van der Waals surface area contributed by atoms with Crippen molar-refractivity contribution in [2.24, 2.45) is 22.7 Å². The quantitative estimate of drug-likeness (QED) is 0.201. The van der Waals surface area contributed by atoms with Crippen molar-refractivity contribution in [3.63, 3.8) is 0 Å². The summed E-state index contributed by atoms with van der Waals surface area (Å²) in [5.74, 6) is -0.995. The van der Waals surface area contributed by atoms with Crippen molar-refractivity contribution >= 4 is 29.7 Å². The van der Waals surface area contributed by atoms with E-state index in [-0.39, 0.29) is 47.8 Å². The molecule has 0 aliphatic rings. The summed E-state index contributed by atoms with van der Waals surface area (Å²) in [7, 11) is 6.74. The summed E-state index contributed by atoms with van der Waals surface area (Å²) < 4.78 is 0. The van der Waals surface area contributed by atoms with Gasteiger partial charge in [-0.1, -0.05) is 59.6 Å². The summed E-state index contributed by atoms with van der Waals surface area (Å²) in [6.07, 6.45) is 7.73. The van der Waals surface area contributed by atoms with Crippen LogP contribution in [0.2, 0.25) is 0 Å². The minimum atomic E-state index is -0.740. The first kappa shape index (κ1) is 35.5. The molecule has 8 heteroatoms. The van der Waals surface area contributed by atoms with Gasteiger partial charge in [-0.2, -0.15) is 0 Å². The summed E-state index contributed by atoms with van der Waals surface area (Å²) >= 11 is 0. The number of aliphatic imine (C=N–C) groups is 1. The standard InChI is InChI=1S/C30H54N4O4/c1-12-15-16-23(13-2)18-25(27(35)20-31-19-24(14-3)29(37)32(8)9)33(10)30(38)26(17-21(4)5)34(11)28(36)22(6)7/h13,20-22,24-26H,12,14-19H2,1-11H3/b23-13+,31-20?/t24-,25+,26+/m1/s1. The fourth-order valence-corrected chi connectivity index (χ4v) is 4.37. The van der Waals surface area contributed by atoms with Crippen LogP contribution in [0.1, 0.15) is 87.0 Å². The zero-order valence-electron chi connectivity index (χ0n) is 25.9. The Kier molecular flexibility index (Phi) is 16.7. The Morgan fingerprint density at radius 3 is 1.87 bits per heavy atom. The fraction of sp³-hybridized carbons (Fsp3) is 0.767. The van der Waals surface area contributed by atoms with Gasteiger partial charge in [-0.05, 0) is 44.9 Å². The topological polar surface area (TPSA) is 90.4 Å². The van der Waals surface area contributed by atoms with Gasteiger partial charge in [0.15, 0.2) is 5.78 Å². The molecular weight excluding hydrogens is 480 g/mol. The van der Waals surface area contributed by atoms with Crippen LogP contribution in [0.3, 0.4) is 0 Å². The van der Waals surface area contributed by atoms with Crippen LogP contribution in [0.4, 0.5) is 0 Å². The average Bonchev–Trinajstić information content (AvgIpc) is 2.87. The predicted octanol–water partition coefficient (Wildman–Crippen LogP) is 4.62. The summed E-state index contributed by atoms with van der Waals surface area (Å²) in [5.41, 5.74) is 1.11. The number of carbonyl (C=O) groups excluding carboxylic acids is 4. The largest absolute Gasteiger partial charge is 0.349 e. The predicted molar refractivity (Wildman–Crippen MR) is 156 cm³/mol. The van der Waals surface area contributed by atoms with Crippen LogP contribution >= 0.6 is 0 Å². The van der Waals surface area contributed by atoms with E-state index >= 15 is 0 Å². The molecule has 0 aromatic heterocycles. The molecule has 0 unspecified atom stereocenters. The lowest BCUT2D eigenvalue weighted by atomic mass is 9.95. The van der Waals surface area contributed by atoms with Crippen molar-refractivity contribution in [1.29, 1.82) is 0 Å². The zero-order valence-corrected chi connectivity index (χ0v) is 25.9. The van der Waals surface area contributed by atoms with Gasteiger partial charge in [-0.3, -0.25) is 24.2 Å². The minimum absolute atomic E-state index is 0.0221. The molecule has 8 nitrogen and oxygen atoms in total. The van der Waals surface area contributed by atoms with Crippen molar-refractivity contribution < 1.29 is 19.2 Å². The minimum Gasteiger partial charge on any atom is -0.349 e. The highest BCUT2D eigenvalue weighted by Crippen LogP contribution is 2.21. The van der Waals surface area contributed by atoms with Gasteiger partial charge in [0.2, 0.25) is 17.7 Å². The van der Waals surface area contributed by atoms with Crippen LogP contribution in [0.5, 0.6) is 0 Å². The van der Waals surface area contributed by atoms with Gasteiger partial charge >= 0.3 is 0 Å². The summed E-state index contributed by atoms with van der Waals surface area (Å²) in [6.45, 7) is 13.9. The Labute approximate surface area is 231 Å². The molecule has 38 heavy (non-hydrogen) atoms. The second-order valence-electron chi connectivity index (χ2n) is 11.2. The normalized spacial score (nSPS) is 14.5. The van der Waals surface area contributed by atoms with Crippen molar-refractivity contribution in [1.82, 2.24) is 14.7 Å². The van der Waals surface area contributed by atoms with Crippen molar-refractivity contribution in [3.05, 3.63) is 11.6 Å². The number of Topliss-reactive ketones (excluding diaryl/α,β-unsaturated/α-hetero) is 1. The fourth-order valence-electron chi connectivity index (χ4n) is 4.37. The Bertz CT molecular complexity index is 832. The first-order valence-electron chi connectivity index (χ1n) is 14.1. The molecule has 0 spiro atoms. The van der Waals surface area contributed by atoms with Gasteiger partial charge in [0.25, 0.3) is 0 Å². The number of allylic oxidation sites excluding steroid dienone is 1. The summed E-state index contributed by atoms with van der Waals surface area (Å²) in [5, 5.41) is 0. The number of nitrogens with zero attached hydrogens (tertiary/aromatic N) is 4. The molecule has 218 valence electrons. The molecule has 3 atom stereocenters. The second kappa shape index (κ2) is 17.9. The van der Waals surface area contributed by atoms with E-state index in [4.69, 9.17) is 0 Å². The molecule has 3 amide bonds. The molecule has 0 saturated heterocycles. The molecule has 0 rings (SSSR count). The Balaban J connectivity index is 6.15. The number of unbranched alkanes of at least 4 members (excludes halogenated alkanes) is 1. The van der Waals surface area contributed by atoms with E-state index in [0.29, 0.717) is 19.3 Å². The lowest BCUT2D eigenvalue weighted by Gasteiger charge is -2.35. The maximum absolute atomic E-state index is 13.8. The van der Waals surface area contributed by atoms with Gasteiger partial charge in [0.1, 0.15) is 6.04 Å². The van der Waals surface area contributed by atoms with E-state index in [1.807, 2.05) is 47.6 Å². The van der Waals surface area contributed by atoms with Gasteiger partial charge in [0, 0.05) is 34.1 Å². The van der Waals surface area contributed by atoms with Crippen LogP contribution in [0.15, 0.2) is 16.6 Å². The van der Waals surface area contributed by atoms with Crippen molar-refractivity contribution in [3.8, 4) is 0 Å². The van der Waals surface area contributed by atoms with Crippen LogP contribution in [0.25, 0.3) is 0 Å². The Morgan fingerprint density at radius 2 is 1.42 bits per heavy atom. The molecule has 0 aromatic carbocycles. The summed E-state index contributed by atoms with van der Waals surface area (Å²) in [6, 6.07) is -1.40. The van der Waals surface area contributed by atoms with Crippen LogP contribution in [-0.2, 0) is 19.2 Å². The van der Waals surface area contributed by atoms with Gasteiger partial charge in [-0.15, -0.1) is 0 Å². The van der Waals surface area contributed by atoms with E-state index in [1.54, 1.807) is 28.2 Å². The lowest BCUT2D eigenvalue weighted by Crippen LogP contribution is -2.54. The number of ketones is 1. The van der Waals surface area contributed by atoms with Gasteiger partial charge in [0.05, 0.1) is 24.7 Å². The van der Waals surface area contributed by atoms with Gasteiger partial charge < -0.3 is 14.7 Å². The van der Waals surface area contributed by atoms with Crippen molar-refractivity contribution in [2.75, 3.05) is 34.7 Å². The molecule has 0 aromatic rings. The van der Waals surface area contributed by atoms with E-state index in [0.717, 1.165) is 24.8 Å². The molecule has 0 saturated carbocycles. The smallest absolute Gasteiger partial charge is 0.245 e. The molecule has 0 bridgehead atoms. The van der Waals surface area contributed by atoms with E-state index in [9.17, 15) is 19.2 Å². The van der Waals surface area contributed by atoms with Crippen molar-refractivity contribution in [2.45, 2.75) is 99.1 Å². The number of carbonyl (C=O) groups is 4. The number of likely N-dealkylation sites (N-methyl/N-ethyl adjacent to an activating group) is 2. The molecular formula is C30H54N4O4. The summed E-state index contributed by atoms with van der Waals surface area (Å²) in [4.78, 5) is 61.4. The SMILES string of the molecule is C/C=C(\CCCC)C[C@@H](C(=O)C=NC[C@@H](CC)C(=O)N(C)C)N(C)C(=O)[C@H](CC(C)C)N(C)C(=O)C(C)C. The average molecular weight is 535 g/mol. The highest BCUT2D eigenvalue weighted by atomic mass is 16.2. The molecule has 0 aliphatic heterocycles. The molecule has 0 aliphatic carbocycles. The third-order valence-electron chi connectivity index (χ3n) is 6.97. The lowest BCUT2D eigenvalue weighted by molar-refractivity contribution is -0.148. The van der Waals surface area contributed by atoms with E-state index in [2.05, 4.69) is 11.9 Å². The van der Waals surface area contributed by atoms with Crippen LogP contribution in [-0.4, -0.2) is 91.2 Å². The number of hydrogen-bond donors (Lipinski definition) is 0. The first-order valence-corrected chi connectivity index (χ1v) is 14.1. The molecule has 0 N–H and O–H groups in total. The Morgan fingerprint density at radius 1 is 0.842 bits per heavy atom. The first-order chi connectivity index (χ1) is 17.7. The molecule has 0 heterocycles. The maximum Gasteiger partial charge on any atom is 0.245 e. The molecule has 0 fully saturated rings. The van der Waals surface area contributed by atoms with E-state index in [1.165, 1.54) is 20.9 Å². The third kappa shape index (κ3) is 11.5. The Hall–Kier alpha value is -2.51. The highest BCUT2D eigenvalue weighted by molar-refractivity contribution is 6.30. The number of rotatable bonds is 17. The van der Waals surface area contributed by atoms with Crippen LogP contribution < -0.4 is 0 Å². The monoisotopic (exact) mass is 534 g/mol. The number of amides is 3. The highest BCUT2D eigenvalue weighted by Gasteiger charge is 2.35. The third-order valence-corrected chi connectivity index (χ3v) is 6.97. The zero-order chi connectivity index (χ0) is 29.6. The van der Waals surface area contributed by atoms with Gasteiger partial charge in [-0.25, -0.2) is 0 Å².